The number of hydrogen-bond acceptors (Lipinski definition) is 2. The van der Waals surface area contributed by atoms with Gasteiger partial charge < -0.3 is 11.1 Å². The second-order valence-corrected chi connectivity index (χ2v) is 4.19. The van der Waals surface area contributed by atoms with Gasteiger partial charge in [-0.3, -0.25) is 0 Å². The molecule has 0 bridgehead atoms. The van der Waals surface area contributed by atoms with E-state index in [0.29, 0.717) is 16.8 Å². The van der Waals surface area contributed by atoms with Crippen LogP contribution < -0.4 is 11.1 Å². The number of benzene rings is 1. The molecule has 1 aromatic carbocycles. The Labute approximate surface area is 89.4 Å². The number of nitrogens with two attached hydrogens (primary N) is 1. The van der Waals surface area contributed by atoms with E-state index in [9.17, 15) is 0 Å². The molecule has 0 aromatic heterocycles. The Morgan fingerprint density at radius 2 is 2.21 bits per heavy atom. The smallest absolute Gasteiger partial charge is 0.0638 e. The van der Waals surface area contributed by atoms with Gasteiger partial charge in [-0.05, 0) is 37.1 Å². The molecule has 0 amide bonds. The van der Waals surface area contributed by atoms with Crippen LogP contribution in [0.25, 0.3) is 0 Å². The molecule has 0 unspecified atom stereocenters. The highest BCUT2D eigenvalue weighted by Crippen LogP contribution is 2.27. The molecule has 1 heterocycles. The fourth-order valence-electron chi connectivity index (χ4n) is 1.90. The van der Waals surface area contributed by atoms with Crippen LogP contribution in [0.5, 0.6) is 0 Å². The van der Waals surface area contributed by atoms with Gasteiger partial charge in [0.2, 0.25) is 0 Å². The summed E-state index contributed by atoms with van der Waals surface area (Å²) in [6.45, 7) is 1.10. The number of rotatable bonds is 1. The van der Waals surface area contributed by atoms with Crippen molar-refractivity contribution < 1.29 is 0 Å². The van der Waals surface area contributed by atoms with Crippen molar-refractivity contribution in [2.45, 2.75) is 25.3 Å². The van der Waals surface area contributed by atoms with E-state index in [1.807, 2.05) is 12.1 Å². The molecule has 0 aliphatic carbocycles. The van der Waals surface area contributed by atoms with Crippen LogP contribution in [-0.4, -0.2) is 6.54 Å². The molecule has 3 heteroatoms. The quantitative estimate of drug-likeness (QED) is 0.700. The second-order valence-electron chi connectivity index (χ2n) is 3.78. The topological polar surface area (TPSA) is 38.0 Å². The maximum Gasteiger partial charge on any atom is 0.0638 e. The van der Waals surface area contributed by atoms with Gasteiger partial charge in [0, 0.05) is 6.04 Å². The zero-order chi connectivity index (χ0) is 9.97. The summed E-state index contributed by atoms with van der Waals surface area (Å²) < 4.78 is 0. The first-order valence-corrected chi connectivity index (χ1v) is 5.43. The zero-order valence-electron chi connectivity index (χ0n) is 8.09. The summed E-state index contributed by atoms with van der Waals surface area (Å²) in [6, 6.07) is 6.37. The van der Waals surface area contributed by atoms with Crippen molar-refractivity contribution in [3.63, 3.8) is 0 Å². The van der Waals surface area contributed by atoms with Gasteiger partial charge in [0.15, 0.2) is 0 Å². The molecule has 1 aromatic rings. The fourth-order valence-corrected chi connectivity index (χ4v) is 2.09. The molecule has 3 N–H and O–H groups in total. The number of hydrogen-bond donors (Lipinski definition) is 2. The third-order valence-corrected chi connectivity index (χ3v) is 3.06. The summed E-state index contributed by atoms with van der Waals surface area (Å²) in [4.78, 5) is 0. The van der Waals surface area contributed by atoms with E-state index < -0.39 is 0 Å². The highest BCUT2D eigenvalue weighted by atomic mass is 35.5. The molecule has 1 fully saturated rings. The Morgan fingerprint density at radius 3 is 2.86 bits per heavy atom. The van der Waals surface area contributed by atoms with Crippen molar-refractivity contribution in [1.29, 1.82) is 0 Å². The lowest BCUT2D eigenvalue weighted by Crippen LogP contribution is -2.26. The van der Waals surface area contributed by atoms with E-state index in [4.69, 9.17) is 17.3 Å². The summed E-state index contributed by atoms with van der Waals surface area (Å²) >= 11 is 5.98. The maximum atomic E-state index is 5.98. The standard InChI is InChI=1S/C11H15ClN2/c12-9-7-8(4-5-10(9)13)11-3-1-2-6-14-11/h4-5,7,11,14H,1-3,6,13H2/t11-/m1/s1. The van der Waals surface area contributed by atoms with Crippen molar-refractivity contribution in [2.75, 3.05) is 12.3 Å². The Kier molecular flexibility index (Phi) is 2.94. The van der Waals surface area contributed by atoms with E-state index in [0.717, 1.165) is 6.54 Å². The first-order chi connectivity index (χ1) is 6.77. The summed E-state index contributed by atoms with van der Waals surface area (Å²) in [6.07, 6.45) is 3.76. The second kappa shape index (κ2) is 4.20. The van der Waals surface area contributed by atoms with Crippen LogP contribution in [-0.2, 0) is 0 Å². The Morgan fingerprint density at radius 1 is 1.36 bits per heavy atom. The Bertz CT molecular complexity index is 319. The Balaban J connectivity index is 2.18. The summed E-state index contributed by atoms with van der Waals surface area (Å²) in [7, 11) is 0. The van der Waals surface area contributed by atoms with Crippen LogP contribution in [0.4, 0.5) is 5.69 Å². The fraction of sp³-hybridized carbons (Fsp3) is 0.455. The van der Waals surface area contributed by atoms with Crippen molar-refractivity contribution >= 4 is 17.3 Å². The van der Waals surface area contributed by atoms with Crippen LogP contribution in [0.3, 0.4) is 0 Å². The lowest BCUT2D eigenvalue weighted by atomic mass is 9.97. The number of anilines is 1. The first-order valence-electron chi connectivity index (χ1n) is 5.05. The highest BCUT2D eigenvalue weighted by Gasteiger charge is 2.14. The number of halogens is 1. The van der Waals surface area contributed by atoms with Crippen molar-refractivity contribution in [3.05, 3.63) is 28.8 Å². The zero-order valence-corrected chi connectivity index (χ0v) is 8.85. The van der Waals surface area contributed by atoms with Crippen molar-refractivity contribution in [3.8, 4) is 0 Å². The predicted molar refractivity (Wildman–Crippen MR) is 60.5 cm³/mol. The Hall–Kier alpha value is -0.730. The van der Waals surface area contributed by atoms with Gasteiger partial charge in [-0.2, -0.15) is 0 Å². The molecular formula is C11H15ClN2. The molecule has 2 nitrogen and oxygen atoms in total. The highest BCUT2D eigenvalue weighted by molar-refractivity contribution is 6.33. The summed E-state index contributed by atoms with van der Waals surface area (Å²) in [5, 5.41) is 4.14. The molecule has 0 radical (unpaired) electrons. The van der Waals surface area contributed by atoms with Crippen LogP contribution in [0.1, 0.15) is 30.9 Å². The maximum absolute atomic E-state index is 5.98. The van der Waals surface area contributed by atoms with Gasteiger partial charge in [-0.15, -0.1) is 0 Å². The van der Waals surface area contributed by atoms with Gasteiger partial charge in [0.1, 0.15) is 0 Å². The number of piperidine rings is 1. The molecule has 2 rings (SSSR count). The van der Waals surface area contributed by atoms with Crippen LogP contribution in [0, 0.1) is 0 Å². The van der Waals surface area contributed by atoms with Gasteiger partial charge in [0.25, 0.3) is 0 Å². The minimum atomic E-state index is 0.460. The number of nitrogens with one attached hydrogen (secondary N) is 1. The molecule has 14 heavy (non-hydrogen) atoms. The van der Waals surface area contributed by atoms with Gasteiger partial charge in [0.05, 0.1) is 10.7 Å². The molecule has 1 atom stereocenters. The molecule has 1 aliphatic heterocycles. The van der Waals surface area contributed by atoms with E-state index >= 15 is 0 Å². The SMILES string of the molecule is Nc1ccc([C@H]2CCCCN2)cc1Cl. The molecule has 0 spiro atoms. The monoisotopic (exact) mass is 210 g/mol. The van der Waals surface area contributed by atoms with Crippen LogP contribution >= 0.6 is 11.6 Å². The first kappa shape index (κ1) is 9.81. The lowest BCUT2D eigenvalue weighted by molar-refractivity contribution is 0.412. The molecule has 1 saturated heterocycles. The largest absolute Gasteiger partial charge is 0.398 e. The van der Waals surface area contributed by atoms with Gasteiger partial charge in [-0.1, -0.05) is 24.1 Å². The third kappa shape index (κ3) is 2.02. The third-order valence-electron chi connectivity index (χ3n) is 2.74. The summed E-state index contributed by atoms with van der Waals surface area (Å²) in [5.41, 5.74) is 7.58. The molecular weight excluding hydrogens is 196 g/mol. The molecule has 76 valence electrons. The van der Waals surface area contributed by atoms with E-state index in [1.165, 1.54) is 24.8 Å². The van der Waals surface area contributed by atoms with Crippen LogP contribution in [0.15, 0.2) is 18.2 Å². The van der Waals surface area contributed by atoms with Crippen molar-refractivity contribution in [2.24, 2.45) is 0 Å². The average Bonchev–Trinajstić information content (AvgIpc) is 2.23. The normalized spacial score (nSPS) is 22.2. The molecule has 0 saturated carbocycles. The van der Waals surface area contributed by atoms with E-state index in [-0.39, 0.29) is 0 Å². The lowest BCUT2D eigenvalue weighted by Gasteiger charge is -2.24. The van der Waals surface area contributed by atoms with Gasteiger partial charge in [-0.25, -0.2) is 0 Å². The van der Waals surface area contributed by atoms with E-state index in [1.54, 1.807) is 0 Å². The van der Waals surface area contributed by atoms with Gasteiger partial charge >= 0.3 is 0 Å². The summed E-state index contributed by atoms with van der Waals surface area (Å²) in [5.74, 6) is 0. The van der Waals surface area contributed by atoms with Crippen molar-refractivity contribution in [1.82, 2.24) is 5.32 Å². The average molecular weight is 211 g/mol. The molecule has 1 aliphatic rings. The van der Waals surface area contributed by atoms with Crippen LogP contribution in [0.2, 0.25) is 5.02 Å². The minimum Gasteiger partial charge on any atom is -0.398 e. The van der Waals surface area contributed by atoms with E-state index in [2.05, 4.69) is 11.4 Å². The predicted octanol–water partition coefficient (Wildman–Crippen LogP) is 2.74. The number of nitrogen functional groups attached to an aromatic ring is 1. The minimum absolute atomic E-state index is 0.460.